The topological polar surface area (TPSA) is 88.0 Å². The summed E-state index contributed by atoms with van der Waals surface area (Å²) in [6, 6.07) is 1.41. The lowest BCUT2D eigenvalue weighted by molar-refractivity contribution is 0.0928. The van der Waals surface area contributed by atoms with Crippen LogP contribution in [0.2, 0.25) is 0 Å². The predicted molar refractivity (Wildman–Crippen MR) is 72.2 cm³/mol. The van der Waals surface area contributed by atoms with E-state index in [0.717, 1.165) is 25.0 Å². The Bertz CT molecular complexity index is 494. The second kappa shape index (κ2) is 5.54. The maximum atomic E-state index is 11.8. The third-order valence-corrected chi connectivity index (χ3v) is 3.25. The van der Waals surface area contributed by atoms with Gasteiger partial charge in [0.2, 0.25) is 0 Å². The summed E-state index contributed by atoms with van der Waals surface area (Å²) in [5.74, 6) is -0.358. The Labute approximate surface area is 112 Å². The summed E-state index contributed by atoms with van der Waals surface area (Å²) in [6.07, 6.45) is 4.41. The number of pyridine rings is 1. The van der Waals surface area contributed by atoms with Gasteiger partial charge in [-0.1, -0.05) is 0 Å². The van der Waals surface area contributed by atoms with Crippen molar-refractivity contribution in [2.45, 2.75) is 31.7 Å². The van der Waals surface area contributed by atoms with E-state index >= 15 is 0 Å². The highest BCUT2D eigenvalue weighted by Crippen LogP contribution is 2.27. The van der Waals surface area contributed by atoms with E-state index in [1.807, 2.05) is 0 Å². The van der Waals surface area contributed by atoms with Gasteiger partial charge < -0.3 is 16.0 Å². The van der Waals surface area contributed by atoms with Crippen LogP contribution >= 0.6 is 12.4 Å². The molecule has 0 spiro atoms. The number of rotatable bonds is 3. The van der Waals surface area contributed by atoms with E-state index in [9.17, 15) is 9.59 Å². The van der Waals surface area contributed by atoms with Gasteiger partial charge in [0.05, 0.1) is 0 Å². The number of aromatic amines is 1. The van der Waals surface area contributed by atoms with Gasteiger partial charge in [-0.15, -0.1) is 12.4 Å². The molecule has 18 heavy (non-hydrogen) atoms. The number of hydrogen-bond acceptors (Lipinski definition) is 3. The molecule has 0 atom stereocenters. The number of carbonyl (C=O) groups excluding carboxylic acids is 1. The van der Waals surface area contributed by atoms with Crippen molar-refractivity contribution in [1.29, 1.82) is 0 Å². The van der Waals surface area contributed by atoms with Crippen LogP contribution in [0.1, 0.15) is 35.3 Å². The quantitative estimate of drug-likeness (QED) is 0.757. The molecule has 1 saturated carbocycles. The normalized spacial score (nSPS) is 16.3. The number of hydrogen-bond donors (Lipinski definition) is 3. The highest BCUT2D eigenvalue weighted by atomic mass is 35.5. The lowest BCUT2D eigenvalue weighted by Gasteiger charge is -2.38. The summed E-state index contributed by atoms with van der Waals surface area (Å²) in [4.78, 5) is 26.2. The zero-order chi connectivity index (χ0) is 12.5. The van der Waals surface area contributed by atoms with E-state index in [0.29, 0.717) is 6.54 Å². The molecule has 0 bridgehead atoms. The third kappa shape index (κ3) is 3.11. The molecule has 4 N–H and O–H groups in total. The fourth-order valence-electron chi connectivity index (χ4n) is 1.91. The molecular formula is C12H18ClN3O2. The van der Waals surface area contributed by atoms with E-state index in [-0.39, 0.29) is 34.8 Å². The van der Waals surface area contributed by atoms with Crippen molar-refractivity contribution in [2.24, 2.45) is 5.73 Å². The Morgan fingerprint density at radius 3 is 2.72 bits per heavy atom. The van der Waals surface area contributed by atoms with Crippen LogP contribution in [0.4, 0.5) is 0 Å². The molecule has 0 radical (unpaired) electrons. The van der Waals surface area contributed by atoms with Gasteiger partial charge in [0.1, 0.15) is 5.56 Å². The first-order chi connectivity index (χ1) is 8.00. The number of nitrogens with two attached hydrogens (primary N) is 1. The van der Waals surface area contributed by atoms with Crippen molar-refractivity contribution >= 4 is 18.3 Å². The van der Waals surface area contributed by atoms with Crippen LogP contribution in [0, 0.1) is 6.92 Å². The minimum atomic E-state index is -0.358. The molecule has 1 heterocycles. The number of nitrogens with one attached hydrogen (secondary N) is 2. The van der Waals surface area contributed by atoms with Crippen molar-refractivity contribution < 1.29 is 4.79 Å². The summed E-state index contributed by atoms with van der Waals surface area (Å²) in [7, 11) is 0. The second-order valence-corrected chi connectivity index (χ2v) is 4.79. The summed E-state index contributed by atoms with van der Waals surface area (Å²) in [6.45, 7) is 2.20. The summed E-state index contributed by atoms with van der Waals surface area (Å²) in [5, 5.41) is 2.72. The molecule has 0 unspecified atom stereocenters. The highest BCUT2D eigenvalue weighted by Gasteiger charge is 2.32. The van der Waals surface area contributed by atoms with Crippen molar-refractivity contribution in [1.82, 2.24) is 10.3 Å². The number of carbonyl (C=O) groups is 1. The molecule has 1 aliphatic carbocycles. The maximum absolute atomic E-state index is 11.8. The van der Waals surface area contributed by atoms with Crippen molar-refractivity contribution in [3.63, 3.8) is 0 Å². The zero-order valence-electron chi connectivity index (χ0n) is 10.3. The Hall–Kier alpha value is -1.33. The van der Waals surface area contributed by atoms with Crippen LogP contribution in [-0.4, -0.2) is 23.0 Å². The van der Waals surface area contributed by atoms with Gasteiger partial charge in [-0.05, 0) is 26.2 Å². The standard InChI is InChI=1S/C12H17N3O2.ClH/c1-8-5-10(16)9(6-14-8)11(17)15-7-12(13)3-2-4-12;/h5-6H,2-4,7,13H2,1H3,(H,14,16)(H,15,17);1H. The van der Waals surface area contributed by atoms with Gasteiger partial charge in [0.25, 0.3) is 5.91 Å². The van der Waals surface area contributed by atoms with Gasteiger partial charge >= 0.3 is 0 Å². The minimum absolute atomic E-state index is 0. The van der Waals surface area contributed by atoms with E-state index in [1.54, 1.807) is 6.92 Å². The summed E-state index contributed by atoms with van der Waals surface area (Å²) < 4.78 is 0. The Balaban J connectivity index is 0.00000162. The summed E-state index contributed by atoms with van der Waals surface area (Å²) in [5.41, 5.74) is 6.33. The number of halogens is 1. The van der Waals surface area contributed by atoms with Gasteiger partial charge in [0, 0.05) is 30.0 Å². The minimum Gasteiger partial charge on any atom is -0.364 e. The average molecular weight is 272 g/mol. The Morgan fingerprint density at radius 1 is 1.56 bits per heavy atom. The largest absolute Gasteiger partial charge is 0.364 e. The molecule has 0 aromatic carbocycles. The van der Waals surface area contributed by atoms with Crippen LogP contribution in [0.15, 0.2) is 17.1 Å². The molecule has 2 rings (SSSR count). The number of amides is 1. The van der Waals surface area contributed by atoms with E-state index in [4.69, 9.17) is 5.73 Å². The smallest absolute Gasteiger partial charge is 0.256 e. The molecule has 1 fully saturated rings. The zero-order valence-corrected chi connectivity index (χ0v) is 11.1. The first kappa shape index (κ1) is 14.7. The Morgan fingerprint density at radius 2 is 2.22 bits per heavy atom. The lowest BCUT2D eigenvalue weighted by atomic mass is 9.78. The maximum Gasteiger partial charge on any atom is 0.256 e. The van der Waals surface area contributed by atoms with Gasteiger partial charge in [0.15, 0.2) is 5.43 Å². The van der Waals surface area contributed by atoms with Crippen LogP contribution in [0.3, 0.4) is 0 Å². The van der Waals surface area contributed by atoms with Crippen LogP contribution in [0.25, 0.3) is 0 Å². The SMILES string of the molecule is Cc1cc(=O)c(C(=O)NCC2(N)CCC2)c[nH]1.Cl. The number of H-pyrrole nitrogens is 1. The number of aryl methyl sites for hydroxylation is 1. The van der Waals surface area contributed by atoms with Crippen molar-refractivity contribution in [2.75, 3.05) is 6.54 Å². The third-order valence-electron chi connectivity index (χ3n) is 3.25. The molecule has 0 saturated heterocycles. The molecule has 1 aromatic heterocycles. The molecule has 1 amide bonds. The first-order valence-electron chi connectivity index (χ1n) is 5.77. The first-order valence-corrected chi connectivity index (χ1v) is 5.77. The summed E-state index contributed by atoms with van der Waals surface area (Å²) >= 11 is 0. The van der Waals surface area contributed by atoms with Gasteiger partial charge in [-0.3, -0.25) is 9.59 Å². The fraction of sp³-hybridized carbons (Fsp3) is 0.500. The van der Waals surface area contributed by atoms with E-state index < -0.39 is 0 Å². The highest BCUT2D eigenvalue weighted by molar-refractivity contribution is 5.93. The number of aromatic nitrogens is 1. The monoisotopic (exact) mass is 271 g/mol. The molecule has 5 nitrogen and oxygen atoms in total. The molecule has 1 aromatic rings. The average Bonchev–Trinajstić information content (AvgIpc) is 2.23. The van der Waals surface area contributed by atoms with Crippen molar-refractivity contribution in [3.8, 4) is 0 Å². The fourth-order valence-corrected chi connectivity index (χ4v) is 1.91. The molecular weight excluding hydrogens is 254 g/mol. The Kier molecular flexibility index (Phi) is 4.53. The van der Waals surface area contributed by atoms with E-state index in [2.05, 4.69) is 10.3 Å². The lowest BCUT2D eigenvalue weighted by Crippen LogP contribution is -2.55. The molecule has 6 heteroatoms. The van der Waals surface area contributed by atoms with Crippen LogP contribution < -0.4 is 16.5 Å². The van der Waals surface area contributed by atoms with Crippen LogP contribution in [-0.2, 0) is 0 Å². The van der Waals surface area contributed by atoms with Gasteiger partial charge in [-0.25, -0.2) is 0 Å². The molecule has 1 aliphatic rings. The predicted octanol–water partition coefficient (Wildman–Crippen LogP) is 0.716. The second-order valence-electron chi connectivity index (χ2n) is 4.79. The van der Waals surface area contributed by atoms with Gasteiger partial charge in [-0.2, -0.15) is 0 Å². The van der Waals surface area contributed by atoms with E-state index in [1.165, 1.54) is 12.3 Å². The molecule has 0 aliphatic heterocycles. The van der Waals surface area contributed by atoms with Crippen molar-refractivity contribution in [3.05, 3.63) is 33.7 Å². The van der Waals surface area contributed by atoms with Crippen LogP contribution in [0.5, 0.6) is 0 Å². The molecule has 100 valence electrons.